The molecule has 1 fully saturated rings. The van der Waals surface area contributed by atoms with E-state index < -0.39 is 5.60 Å². The van der Waals surface area contributed by atoms with Crippen LogP contribution in [0.3, 0.4) is 0 Å². The maximum atomic E-state index is 11.7. The van der Waals surface area contributed by atoms with Crippen LogP contribution < -0.4 is 0 Å². The van der Waals surface area contributed by atoms with Gasteiger partial charge in [-0.3, -0.25) is 0 Å². The Balaban J connectivity index is 1.85. The van der Waals surface area contributed by atoms with Gasteiger partial charge in [0, 0.05) is 13.1 Å². The molecule has 2 rings (SSSR count). The number of aryl methyl sites for hydroxylation is 1. The number of hydrogen-bond donors (Lipinski definition) is 0. The molecule has 1 amide bonds. The standard InChI is InChI=1S/C12H18N2O3/c1-8-7-16-10(13-8)9-5-14(6-9)11(15)17-12(2,3)4/h7,9H,5-6H2,1-4H3. The predicted octanol–water partition coefficient (Wildman–Crippen LogP) is 2.32. The molecule has 0 atom stereocenters. The summed E-state index contributed by atoms with van der Waals surface area (Å²) >= 11 is 0. The van der Waals surface area contributed by atoms with Gasteiger partial charge in [0.2, 0.25) is 5.89 Å². The highest BCUT2D eigenvalue weighted by Gasteiger charge is 2.36. The molecular weight excluding hydrogens is 220 g/mol. The van der Waals surface area contributed by atoms with Crippen molar-refractivity contribution in [2.45, 2.75) is 39.2 Å². The van der Waals surface area contributed by atoms with Gasteiger partial charge in [0.1, 0.15) is 11.9 Å². The molecule has 0 spiro atoms. The lowest BCUT2D eigenvalue weighted by Crippen LogP contribution is -2.50. The minimum absolute atomic E-state index is 0.205. The Morgan fingerprint density at radius 1 is 1.53 bits per heavy atom. The summed E-state index contributed by atoms with van der Waals surface area (Å²) in [6.45, 7) is 8.71. The van der Waals surface area contributed by atoms with E-state index in [4.69, 9.17) is 9.15 Å². The maximum absolute atomic E-state index is 11.7. The molecule has 5 nitrogen and oxygen atoms in total. The Bertz CT molecular complexity index is 414. The van der Waals surface area contributed by atoms with Crippen LogP contribution >= 0.6 is 0 Å². The number of amides is 1. The van der Waals surface area contributed by atoms with Crippen molar-refractivity contribution >= 4 is 6.09 Å². The number of oxazole rings is 1. The van der Waals surface area contributed by atoms with E-state index >= 15 is 0 Å². The van der Waals surface area contributed by atoms with Gasteiger partial charge in [0.25, 0.3) is 0 Å². The molecule has 1 aromatic heterocycles. The third kappa shape index (κ3) is 2.78. The maximum Gasteiger partial charge on any atom is 0.410 e. The third-order valence-corrected chi connectivity index (χ3v) is 2.52. The van der Waals surface area contributed by atoms with Crippen molar-refractivity contribution in [1.82, 2.24) is 9.88 Å². The number of nitrogens with zero attached hydrogens (tertiary/aromatic N) is 2. The third-order valence-electron chi connectivity index (χ3n) is 2.52. The largest absolute Gasteiger partial charge is 0.448 e. The average Bonchev–Trinajstić information content (AvgIpc) is 2.45. The van der Waals surface area contributed by atoms with Crippen LogP contribution in [0.25, 0.3) is 0 Å². The van der Waals surface area contributed by atoms with E-state index in [9.17, 15) is 4.79 Å². The van der Waals surface area contributed by atoms with Gasteiger partial charge in [-0.05, 0) is 27.7 Å². The number of rotatable bonds is 1. The summed E-state index contributed by atoms with van der Waals surface area (Å²) in [7, 11) is 0. The normalized spacial score (nSPS) is 16.8. The topological polar surface area (TPSA) is 55.6 Å². The van der Waals surface area contributed by atoms with Gasteiger partial charge in [0.05, 0.1) is 11.6 Å². The Labute approximate surface area is 101 Å². The fourth-order valence-corrected chi connectivity index (χ4v) is 1.67. The van der Waals surface area contributed by atoms with Crippen LogP contribution in [0.2, 0.25) is 0 Å². The summed E-state index contributed by atoms with van der Waals surface area (Å²) in [6, 6.07) is 0. The second-order valence-corrected chi connectivity index (χ2v) is 5.41. The molecule has 1 aromatic rings. The number of ether oxygens (including phenoxy) is 1. The Hall–Kier alpha value is -1.52. The number of likely N-dealkylation sites (tertiary alicyclic amines) is 1. The van der Waals surface area contributed by atoms with E-state index in [1.165, 1.54) is 0 Å². The summed E-state index contributed by atoms with van der Waals surface area (Å²) in [5, 5.41) is 0. The first-order valence-electron chi connectivity index (χ1n) is 5.75. The summed E-state index contributed by atoms with van der Waals surface area (Å²) in [5.41, 5.74) is 0.428. The van der Waals surface area contributed by atoms with E-state index in [1.54, 1.807) is 11.2 Å². The van der Waals surface area contributed by atoms with Gasteiger partial charge in [-0.25, -0.2) is 9.78 Å². The number of carbonyl (C=O) groups is 1. The van der Waals surface area contributed by atoms with E-state index in [-0.39, 0.29) is 12.0 Å². The first-order valence-corrected chi connectivity index (χ1v) is 5.75. The monoisotopic (exact) mass is 238 g/mol. The van der Waals surface area contributed by atoms with Crippen LogP contribution in [0.4, 0.5) is 4.79 Å². The number of carbonyl (C=O) groups excluding carboxylic acids is 1. The Morgan fingerprint density at radius 3 is 2.65 bits per heavy atom. The summed E-state index contributed by atoms with van der Waals surface area (Å²) < 4.78 is 10.6. The zero-order valence-electron chi connectivity index (χ0n) is 10.7. The van der Waals surface area contributed by atoms with Crippen molar-refractivity contribution in [3.05, 3.63) is 17.8 Å². The smallest absolute Gasteiger partial charge is 0.410 e. The van der Waals surface area contributed by atoms with Crippen molar-refractivity contribution in [3.8, 4) is 0 Å². The zero-order chi connectivity index (χ0) is 12.6. The van der Waals surface area contributed by atoms with Crippen LogP contribution in [-0.2, 0) is 4.74 Å². The molecule has 94 valence electrons. The van der Waals surface area contributed by atoms with Crippen molar-refractivity contribution < 1.29 is 13.9 Å². The molecule has 0 radical (unpaired) electrons. The number of aromatic nitrogens is 1. The summed E-state index contributed by atoms with van der Waals surface area (Å²) in [4.78, 5) is 17.6. The minimum atomic E-state index is -0.443. The van der Waals surface area contributed by atoms with Crippen molar-refractivity contribution in [3.63, 3.8) is 0 Å². The van der Waals surface area contributed by atoms with Gasteiger partial charge < -0.3 is 14.1 Å². The molecule has 2 heterocycles. The highest BCUT2D eigenvalue weighted by atomic mass is 16.6. The lowest BCUT2D eigenvalue weighted by Gasteiger charge is -2.38. The summed E-state index contributed by atoms with van der Waals surface area (Å²) in [6.07, 6.45) is 1.36. The van der Waals surface area contributed by atoms with Crippen molar-refractivity contribution in [1.29, 1.82) is 0 Å². The van der Waals surface area contributed by atoms with E-state index in [0.717, 1.165) is 5.69 Å². The van der Waals surface area contributed by atoms with Crippen LogP contribution in [0, 0.1) is 6.92 Å². The second kappa shape index (κ2) is 4.05. The Morgan fingerprint density at radius 2 is 2.18 bits per heavy atom. The van der Waals surface area contributed by atoms with Crippen LogP contribution in [0.5, 0.6) is 0 Å². The fraction of sp³-hybridized carbons (Fsp3) is 0.667. The van der Waals surface area contributed by atoms with Crippen LogP contribution in [0.1, 0.15) is 38.3 Å². The van der Waals surface area contributed by atoms with E-state index in [0.29, 0.717) is 19.0 Å². The molecule has 5 heteroatoms. The first-order chi connectivity index (χ1) is 7.85. The lowest BCUT2D eigenvalue weighted by atomic mass is 10.0. The quantitative estimate of drug-likeness (QED) is 0.753. The van der Waals surface area contributed by atoms with Crippen molar-refractivity contribution in [2.75, 3.05) is 13.1 Å². The van der Waals surface area contributed by atoms with Crippen LogP contribution in [0.15, 0.2) is 10.7 Å². The van der Waals surface area contributed by atoms with Gasteiger partial charge >= 0.3 is 6.09 Å². The number of hydrogen-bond acceptors (Lipinski definition) is 4. The molecule has 1 aliphatic heterocycles. The molecular formula is C12H18N2O3. The minimum Gasteiger partial charge on any atom is -0.448 e. The highest BCUT2D eigenvalue weighted by molar-refractivity contribution is 5.69. The zero-order valence-corrected chi connectivity index (χ0v) is 10.7. The van der Waals surface area contributed by atoms with E-state index in [1.807, 2.05) is 27.7 Å². The average molecular weight is 238 g/mol. The first kappa shape index (κ1) is 12.0. The SMILES string of the molecule is Cc1coc(C2CN(C(=O)OC(C)(C)C)C2)n1. The lowest BCUT2D eigenvalue weighted by molar-refractivity contribution is 0.00607. The molecule has 0 N–H and O–H groups in total. The van der Waals surface area contributed by atoms with E-state index in [2.05, 4.69) is 4.98 Å². The molecule has 0 aliphatic carbocycles. The second-order valence-electron chi connectivity index (χ2n) is 5.41. The molecule has 0 bridgehead atoms. The van der Waals surface area contributed by atoms with Gasteiger partial charge in [-0.1, -0.05) is 0 Å². The summed E-state index contributed by atoms with van der Waals surface area (Å²) in [5.74, 6) is 0.915. The molecule has 0 aromatic carbocycles. The molecule has 0 saturated carbocycles. The van der Waals surface area contributed by atoms with Gasteiger partial charge in [0.15, 0.2) is 0 Å². The Kier molecular flexibility index (Phi) is 2.85. The molecule has 1 aliphatic rings. The molecule has 1 saturated heterocycles. The van der Waals surface area contributed by atoms with Gasteiger partial charge in [-0.15, -0.1) is 0 Å². The molecule has 17 heavy (non-hydrogen) atoms. The predicted molar refractivity (Wildman–Crippen MR) is 61.8 cm³/mol. The molecule has 0 unspecified atom stereocenters. The van der Waals surface area contributed by atoms with Crippen LogP contribution in [-0.4, -0.2) is 34.7 Å². The van der Waals surface area contributed by atoms with Gasteiger partial charge in [-0.2, -0.15) is 0 Å². The van der Waals surface area contributed by atoms with Crippen molar-refractivity contribution in [2.24, 2.45) is 0 Å². The highest BCUT2D eigenvalue weighted by Crippen LogP contribution is 2.27. The fourth-order valence-electron chi connectivity index (χ4n) is 1.67.